The maximum Gasteiger partial charge on any atom is 0.234 e. The van der Waals surface area contributed by atoms with E-state index in [1.54, 1.807) is 7.11 Å². The molecule has 0 rings (SSSR count). The predicted molar refractivity (Wildman–Crippen MR) is 43.7 cm³/mol. The largest absolute Gasteiger partial charge is 0.383 e. The van der Waals surface area contributed by atoms with Crippen LogP contribution in [0.4, 0.5) is 4.39 Å². The van der Waals surface area contributed by atoms with Gasteiger partial charge in [-0.05, 0) is 0 Å². The standard InChI is InChI=1S/C7H15FN2O2/c1-12-5-4-10-7(11)6-9-3-2-8/h9H,2-6H2,1H3,(H,10,11). The predicted octanol–water partition coefficient (Wildman–Crippen LogP) is -0.692. The SMILES string of the molecule is COCCNC(=O)CNCCF. The molecule has 0 aromatic rings. The van der Waals surface area contributed by atoms with Crippen molar-refractivity contribution in [3.63, 3.8) is 0 Å². The molecule has 0 saturated heterocycles. The Labute approximate surface area is 71.5 Å². The van der Waals surface area contributed by atoms with Gasteiger partial charge < -0.3 is 15.4 Å². The lowest BCUT2D eigenvalue weighted by Gasteiger charge is -2.04. The summed E-state index contributed by atoms with van der Waals surface area (Å²) < 4.78 is 16.3. The first-order valence-corrected chi connectivity index (χ1v) is 3.83. The lowest BCUT2D eigenvalue weighted by atomic mass is 10.5. The van der Waals surface area contributed by atoms with Crippen molar-refractivity contribution in [2.45, 2.75) is 0 Å². The summed E-state index contributed by atoms with van der Waals surface area (Å²) >= 11 is 0. The molecule has 72 valence electrons. The second-order valence-corrected chi connectivity index (χ2v) is 2.21. The smallest absolute Gasteiger partial charge is 0.234 e. The Bertz CT molecular complexity index is 110. The van der Waals surface area contributed by atoms with Crippen molar-refractivity contribution in [3.05, 3.63) is 0 Å². The van der Waals surface area contributed by atoms with Crippen LogP contribution in [0.5, 0.6) is 0 Å². The minimum absolute atomic E-state index is 0.138. The fourth-order valence-corrected chi connectivity index (χ4v) is 0.624. The van der Waals surface area contributed by atoms with Gasteiger partial charge in [0, 0.05) is 20.2 Å². The van der Waals surface area contributed by atoms with Crippen LogP contribution in [-0.4, -0.2) is 45.9 Å². The second-order valence-electron chi connectivity index (χ2n) is 2.21. The summed E-state index contributed by atoms with van der Waals surface area (Å²) in [6, 6.07) is 0. The topological polar surface area (TPSA) is 50.4 Å². The molecule has 0 aromatic carbocycles. The Morgan fingerprint density at radius 3 is 2.83 bits per heavy atom. The van der Waals surface area contributed by atoms with E-state index in [0.29, 0.717) is 13.2 Å². The summed E-state index contributed by atoms with van der Waals surface area (Å²) in [5.74, 6) is -0.138. The quantitative estimate of drug-likeness (QED) is 0.507. The minimum atomic E-state index is -0.453. The molecule has 5 heteroatoms. The van der Waals surface area contributed by atoms with Gasteiger partial charge in [0.1, 0.15) is 6.67 Å². The number of carbonyl (C=O) groups is 1. The molecule has 12 heavy (non-hydrogen) atoms. The Kier molecular flexibility index (Phi) is 7.94. The van der Waals surface area contributed by atoms with Crippen molar-refractivity contribution in [1.29, 1.82) is 0 Å². The third-order valence-corrected chi connectivity index (χ3v) is 1.19. The first kappa shape index (κ1) is 11.3. The molecule has 2 N–H and O–H groups in total. The summed E-state index contributed by atoms with van der Waals surface area (Å²) in [5, 5.41) is 5.23. The first-order valence-electron chi connectivity index (χ1n) is 3.83. The highest BCUT2D eigenvalue weighted by Crippen LogP contribution is 1.68. The third kappa shape index (κ3) is 7.43. The monoisotopic (exact) mass is 178 g/mol. The molecule has 0 aliphatic rings. The number of nitrogens with one attached hydrogen (secondary N) is 2. The molecule has 0 atom stereocenters. The average Bonchev–Trinajstić information content (AvgIpc) is 2.06. The lowest BCUT2D eigenvalue weighted by molar-refractivity contribution is -0.120. The second kappa shape index (κ2) is 8.42. The molecule has 0 fully saturated rings. The van der Waals surface area contributed by atoms with Crippen molar-refractivity contribution in [3.8, 4) is 0 Å². The molecule has 0 bridgehead atoms. The van der Waals surface area contributed by atoms with Crippen molar-refractivity contribution in [2.75, 3.05) is 40.0 Å². The van der Waals surface area contributed by atoms with Gasteiger partial charge in [-0.3, -0.25) is 4.79 Å². The number of carbonyl (C=O) groups excluding carboxylic acids is 1. The van der Waals surface area contributed by atoms with Crippen LogP contribution in [0.2, 0.25) is 0 Å². The highest BCUT2D eigenvalue weighted by atomic mass is 19.1. The van der Waals surface area contributed by atoms with Crippen LogP contribution < -0.4 is 10.6 Å². The van der Waals surface area contributed by atoms with E-state index in [2.05, 4.69) is 10.6 Å². The average molecular weight is 178 g/mol. The summed E-state index contributed by atoms with van der Waals surface area (Å²) in [6.07, 6.45) is 0. The van der Waals surface area contributed by atoms with Gasteiger partial charge in [-0.25, -0.2) is 4.39 Å². The molecule has 4 nitrogen and oxygen atoms in total. The zero-order chi connectivity index (χ0) is 9.23. The van der Waals surface area contributed by atoms with Crippen LogP contribution >= 0.6 is 0 Å². The Morgan fingerprint density at radius 1 is 1.50 bits per heavy atom. The number of hydrogen-bond donors (Lipinski definition) is 2. The molecule has 0 radical (unpaired) electrons. The molecule has 0 unspecified atom stereocenters. The van der Waals surface area contributed by atoms with Gasteiger partial charge in [0.15, 0.2) is 0 Å². The Morgan fingerprint density at radius 2 is 2.25 bits per heavy atom. The normalized spacial score (nSPS) is 9.83. The van der Waals surface area contributed by atoms with Gasteiger partial charge in [0.05, 0.1) is 13.2 Å². The van der Waals surface area contributed by atoms with Crippen LogP contribution in [0.3, 0.4) is 0 Å². The molecule has 0 heterocycles. The zero-order valence-corrected chi connectivity index (χ0v) is 7.23. The highest BCUT2D eigenvalue weighted by molar-refractivity contribution is 5.77. The highest BCUT2D eigenvalue weighted by Gasteiger charge is 1.97. The van der Waals surface area contributed by atoms with Crippen LogP contribution in [0.15, 0.2) is 0 Å². The van der Waals surface area contributed by atoms with E-state index in [0.717, 1.165) is 0 Å². The van der Waals surface area contributed by atoms with E-state index in [9.17, 15) is 9.18 Å². The summed E-state index contributed by atoms with van der Waals surface area (Å²) in [5.41, 5.74) is 0. The zero-order valence-electron chi connectivity index (χ0n) is 7.23. The van der Waals surface area contributed by atoms with Gasteiger partial charge in [-0.1, -0.05) is 0 Å². The van der Waals surface area contributed by atoms with Gasteiger partial charge >= 0.3 is 0 Å². The van der Waals surface area contributed by atoms with E-state index in [1.165, 1.54) is 0 Å². The van der Waals surface area contributed by atoms with E-state index in [1.807, 2.05) is 0 Å². The van der Waals surface area contributed by atoms with Crippen LogP contribution in [-0.2, 0) is 9.53 Å². The fraction of sp³-hybridized carbons (Fsp3) is 0.857. The van der Waals surface area contributed by atoms with Gasteiger partial charge in [0.2, 0.25) is 5.91 Å². The van der Waals surface area contributed by atoms with E-state index in [4.69, 9.17) is 4.74 Å². The van der Waals surface area contributed by atoms with E-state index >= 15 is 0 Å². The summed E-state index contributed by atoms with van der Waals surface area (Å²) in [6.45, 7) is 0.915. The lowest BCUT2D eigenvalue weighted by Crippen LogP contribution is -2.36. The molecule has 0 aromatic heterocycles. The molecule has 0 aliphatic heterocycles. The number of hydrogen-bond acceptors (Lipinski definition) is 3. The molecular weight excluding hydrogens is 163 g/mol. The van der Waals surface area contributed by atoms with Crippen molar-refractivity contribution < 1.29 is 13.9 Å². The number of rotatable bonds is 7. The van der Waals surface area contributed by atoms with Crippen LogP contribution in [0.1, 0.15) is 0 Å². The van der Waals surface area contributed by atoms with Crippen LogP contribution in [0.25, 0.3) is 0 Å². The molecule has 0 aliphatic carbocycles. The molecule has 0 spiro atoms. The summed E-state index contributed by atoms with van der Waals surface area (Å²) in [7, 11) is 1.56. The van der Waals surface area contributed by atoms with Crippen LogP contribution in [0, 0.1) is 0 Å². The fourth-order valence-electron chi connectivity index (χ4n) is 0.624. The van der Waals surface area contributed by atoms with Gasteiger partial charge in [-0.2, -0.15) is 0 Å². The Balaban J connectivity index is 3.10. The Hall–Kier alpha value is -0.680. The number of alkyl halides is 1. The van der Waals surface area contributed by atoms with Gasteiger partial charge in [0.25, 0.3) is 0 Å². The van der Waals surface area contributed by atoms with Crippen molar-refractivity contribution >= 4 is 5.91 Å². The third-order valence-electron chi connectivity index (χ3n) is 1.19. The number of ether oxygens (including phenoxy) is 1. The van der Waals surface area contributed by atoms with Gasteiger partial charge in [-0.15, -0.1) is 0 Å². The molecule has 1 amide bonds. The van der Waals surface area contributed by atoms with E-state index < -0.39 is 6.67 Å². The maximum absolute atomic E-state index is 11.5. The summed E-state index contributed by atoms with van der Waals surface area (Å²) in [4.78, 5) is 10.8. The van der Waals surface area contributed by atoms with Crippen molar-refractivity contribution in [2.24, 2.45) is 0 Å². The molecule has 0 saturated carbocycles. The van der Waals surface area contributed by atoms with Crippen molar-refractivity contribution in [1.82, 2.24) is 10.6 Å². The maximum atomic E-state index is 11.5. The van der Waals surface area contributed by atoms with E-state index in [-0.39, 0.29) is 19.0 Å². The number of methoxy groups -OCH3 is 1. The number of amides is 1. The number of halogens is 1. The first-order chi connectivity index (χ1) is 5.81. The molecular formula is C7H15FN2O2. The minimum Gasteiger partial charge on any atom is -0.383 e.